The van der Waals surface area contributed by atoms with E-state index in [1.54, 1.807) is 0 Å². The van der Waals surface area contributed by atoms with Crippen LogP contribution in [0, 0.1) is 0 Å². The molecule has 1 unspecified atom stereocenters. The third kappa shape index (κ3) is 2.99. The molecule has 0 saturated carbocycles. The molecule has 0 aliphatic rings. The maximum atomic E-state index is 4.80. The molecule has 0 aliphatic carbocycles. The van der Waals surface area contributed by atoms with Crippen molar-refractivity contribution in [2.45, 2.75) is 12.5 Å². The molecule has 108 valence electrons. The Kier molecular flexibility index (Phi) is 4.03. The first-order valence-corrected chi connectivity index (χ1v) is 7.67. The topological polar surface area (TPSA) is 42.7 Å². The van der Waals surface area contributed by atoms with Crippen LogP contribution in [-0.4, -0.2) is 21.8 Å². The predicted molar refractivity (Wildman–Crippen MR) is 88.2 cm³/mol. The van der Waals surface area contributed by atoms with E-state index in [9.17, 15) is 0 Å². The number of hydrogen-bond acceptors (Lipinski definition) is 3. The molecule has 0 radical (unpaired) electrons. The number of para-hydroxylation sites is 1. The molecule has 1 aromatic carbocycles. The first-order valence-electron chi connectivity index (χ1n) is 6.88. The molecule has 0 saturated heterocycles. The molecule has 3 aromatic rings. The minimum atomic E-state index is 0.124. The molecular weight excluding hydrogens is 328 g/mol. The van der Waals surface area contributed by atoms with E-state index in [1.807, 2.05) is 49.2 Å². The number of nitrogens with zero attached hydrogens (tertiary/aromatic N) is 3. The summed E-state index contributed by atoms with van der Waals surface area (Å²) in [6, 6.07) is 12.4. The van der Waals surface area contributed by atoms with Gasteiger partial charge >= 0.3 is 0 Å². The summed E-state index contributed by atoms with van der Waals surface area (Å²) in [4.78, 5) is 4.80. The van der Waals surface area contributed by atoms with E-state index < -0.39 is 0 Å². The van der Waals surface area contributed by atoms with E-state index in [2.05, 4.69) is 38.5 Å². The fourth-order valence-electron chi connectivity index (χ4n) is 2.47. The Morgan fingerprint density at radius 3 is 2.81 bits per heavy atom. The minimum Gasteiger partial charge on any atom is -0.311 e. The third-order valence-electron chi connectivity index (χ3n) is 3.57. The highest BCUT2D eigenvalue weighted by Gasteiger charge is 2.17. The van der Waals surface area contributed by atoms with Crippen LogP contribution >= 0.6 is 15.9 Å². The lowest BCUT2D eigenvalue weighted by Crippen LogP contribution is -2.21. The summed E-state index contributed by atoms with van der Waals surface area (Å²) >= 11 is 3.65. The average molecular weight is 345 g/mol. The number of aryl methyl sites for hydroxylation is 1. The number of hydrogen-bond donors (Lipinski definition) is 1. The van der Waals surface area contributed by atoms with Crippen molar-refractivity contribution in [3.63, 3.8) is 0 Å². The number of likely N-dealkylation sites (N-methyl/N-ethyl adjacent to an activating group) is 1. The predicted octanol–water partition coefficient (Wildman–Crippen LogP) is 3.23. The van der Waals surface area contributed by atoms with E-state index in [0.717, 1.165) is 33.2 Å². The number of rotatable bonds is 4. The van der Waals surface area contributed by atoms with Gasteiger partial charge in [-0.25, -0.2) is 4.98 Å². The lowest BCUT2D eigenvalue weighted by molar-refractivity contribution is 0.562. The minimum absolute atomic E-state index is 0.124. The van der Waals surface area contributed by atoms with Crippen molar-refractivity contribution in [2.75, 3.05) is 7.05 Å². The van der Waals surface area contributed by atoms with Crippen molar-refractivity contribution >= 4 is 26.8 Å². The molecule has 1 N–H and O–H groups in total. The summed E-state index contributed by atoms with van der Waals surface area (Å²) in [7, 11) is 3.89. The van der Waals surface area contributed by atoms with Gasteiger partial charge in [-0.1, -0.05) is 18.2 Å². The number of benzene rings is 1. The lowest BCUT2D eigenvalue weighted by Gasteiger charge is -2.17. The maximum absolute atomic E-state index is 4.80. The highest BCUT2D eigenvalue weighted by atomic mass is 79.9. The number of aromatic nitrogens is 3. The van der Waals surface area contributed by atoms with Crippen LogP contribution in [0.15, 0.2) is 47.1 Å². The van der Waals surface area contributed by atoms with Crippen molar-refractivity contribution < 1.29 is 0 Å². The van der Waals surface area contributed by atoms with Gasteiger partial charge in [-0.2, -0.15) is 5.10 Å². The van der Waals surface area contributed by atoms with Gasteiger partial charge in [0, 0.05) is 29.5 Å². The molecule has 3 rings (SSSR count). The third-order valence-corrected chi connectivity index (χ3v) is 4.20. The smallest absolute Gasteiger partial charge is 0.0726 e. The van der Waals surface area contributed by atoms with Crippen molar-refractivity contribution in [2.24, 2.45) is 7.05 Å². The largest absolute Gasteiger partial charge is 0.311 e. The first-order chi connectivity index (χ1) is 10.2. The standard InChI is InChI=1S/C16H17BrN4/c1-18-15(10-12-7-8-21(2)20-12)16-13(17)9-11-5-3-4-6-14(11)19-16/h3-9,15,18H,10H2,1-2H3. The van der Waals surface area contributed by atoms with Gasteiger partial charge in [-0.3, -0.25) is 4.68 Å². The fourth-order valence-corrected chi connectivity index (χ4v) is 3.08. The maximum Gasteiger partial charge on any atom is 0.0726 e. The number of pyridine rings is 1. The zero-order valence-corrected chi connectivity index (χ0v) is 13.6. The van der Waals surface area contributed by atoms with Crippen LogP contribution in [0.5, 0.6) is 0 Å². The van der Waals surface area contributed by atoms with Gasteiger partial charge in [0.2, 0.25) is 0 Å². The SMILES string of the molecule is CNC(Cc1ccn(C)n1)c1nc2ccccc2cc1Br. The summed E-state index contributed by atoms with van der Waals surface area (Å²) in [6.45, 7) is 0. The van der Waals surface area contributed by atoms with Gasteiger partial charge in [0.05, 0.1) is 22.9 Å². The first kappa shape index (κ1) is 14.2. The fraction of sp³-hybridized carbons (Fsp3) is 0.250. The van der Waals surface area contributed by atoms with Gasteiger partial charge < -0.3 is 5.32 Å². The second-order valence-corrected chi connectivity index (χ2v) is 5.93. The van der Waals surface area contributed by atoms with E-state index >= 15 is 0 Å². The summed E-state index contributed by atoms with van der Waals surface area (Å²) in [5, 5.41) is 8.93. The van der Waals surface area contributed by atoms with Crippen molar-refractivity contribution in [1.29, 1.82) is 0 Å². The van der Waals surface area contributed by atoms with Gasteiger partial charge in [-0.05, 0) is 41.2 Å². The Morgan fingerprint density at radius 2 is 2.10 bits per heavy atom. The molecule has 2 aromatic heterocycles. The van der Waals surface area contributed by atoms with Gasteiger partial charge in [0.1, 0.15) is 0 Å². The molecule has 0 bridgehead atoms. The molecule has 5 heteroatoms. The van der Waals surface area contributed by atoms with E-state index in [-0.39, 0.29) is 6.04 Å². The van der Waals surface area contributed by atoms with Gasteiger partial charge in [-0.15, -0.1) is 0 Å². The van der Waals surface area contributed by atoms with Crippen LogP contribution in [0.1, 0.15) is 17.4 Å². The quantitative estimate of drug-likeness (QED) is 0.790. The Labute approximate surface area is 132 Å². The molecule has 0 spiro atoms. The second-order valence-electron chi connectivity index (χ2n) is 5.07. The van der Waals surface area contributed by atoms with Crippen LogP contribution in [0.3, 0.4) is 0 Å². The Balaban J connectivity index is 1.97. The van der Waals surface area contributed by atoms with E-state index in [1.165, 1.54) is 0 Å². The van der Waals surface area contributed by atoms with E-state index in [0.29, 0.717) is 0 Å². The summed E-state index contributed by atoms with van der Waals surface area (Å²) in [5.74, 6) is 0. The Bertz CT molecular complexity index is 766. The normalized spacial score (nSPS) is 12.7. The van der Waals surface area contributed by atoms with Crippen LogP contribution in [-0.2, 0) is 13.5 Å². The van der Waals surface area contributed by atoms with Gasteiger partial charge in [0.25, 0.3) is 0 Å². The highest BCUT2D eigenvalue weighted by Crippen LogP contribution is 2.27. The molecule has 0 fully saturated rings. The van der Waals surface area contributed by atoms with Crippen LogP contribution in [0.4, 0.5) is 0 Å². The molecule has 0 aliphatic heterocycles. The number of fused-ring (bicyclic) bond motifs is 1. The van der Waals surface area contributed by atoms with Crippen LogP contribution < -0.4 is 5.32 Å². The van der Waals surface area contributed by atoms with Crippen LogP contribution in [0.2, 0.25) is 0 Å². The highest BCUT2D eigenvalue weighted by molar-refractivity contribution is 9.10. The molecular formula is C16H17BrN4. The summed E-state index contributed by atoms with van der Waals surface area (Å²) in [5.41, 5.74) is 3.08. The van der Waals surface area contributed by atoms with Crippen molar-refractivity contribution in [3.8, 4) is 0 Å². The molecule has 21 heavy (non-hydrogen) atoms. The zero-order valence-electron chi connectivity index (χ0n) is 12.0. The zero-order chi connectivity index (χ0) is 14.8. The number of halogens is 1. The molecule has 1 atom stereocenters. The average Bonchev–Trinajstić information content (AvgIpc) is 2.89. The van der Waals surface area contributed by atoms with Crippen molar-refractivity contribution in [3.05, 3.63) is 58.5 Å². The Morgan fingerprint density at radius 1 is 1.29 bits per heavy atom. The molecule has 2 heterocycles. The lowest BCUT2D eigenvalue weighted by atomic mass is 10.1. The molecule has 0 amide bonds. The van der Waals surface area contributed by atoms with Crippen LogP contribution in [0.25, 0.3) is 10.9 Å². The summed E-state index contributed by atoms with van der Waals surface area (Å²) in [6.07, 6.45) is 2.77. The molecule has 4 nitrogen and oxygen atoms in total. The number of nitrogens with one attached hydrogen (secondary N) is 1. The monoisotopic (exact) mass is 344 g/mol. The summed E-state index contributed by atoms with van der Waals surface area (Å²) < 4.78 is 2.85. The second kappa shape index (κ2) is 5.95. The van der Waals surface area contributed by atoms with Gasteiger partial charge in [0.15, 0.2) is 0 Å². The van der Waals surface area contributed by atoms with E-state index in [4.69, 9.17) is 4.98 Å². The Hall–Kier alpha value is -1.72. The van der Waals surface area contributed by atoms with Crippen molar-refractivity contribution in [1.82, 2.24) is 20.1 Å².